The Bertz CT molecular complexity index is 1710. The van der Waals surface area contributed by atoms with E-state index in [-0.39, 0.29) is 39.1 Å². The third-order valence-electron chi connectivity index (χ3n) is 5.33. The predicted molar refractivity (Wildman–Crippen MR) is 118 cm³/mol. The van der Waals surface area contributed by atoms with Crippen molar-refractivity contribution >= 4 is 15.7 Å². The van der Waals surface area contributed by atoms with E-state index in [1.807, 2.05) is 0 Å². The number of hydrogen-bond donors (Lipinski definition) is 1. The number of alkyl halides is 5. The number of fused-ring (bicyclic) bond motifs is 1. The lowest BCUT2D eigenvalue weighted by Gasteiger charge is -2.10. The van der Waals surface area contributed by atoms with Gasteiger partial charge < -0.3 is 4.52 Å². The van der Waals surface area contributed by atoms with Gasteiger partial charge in [0.25, 0.3) is 12.3 Å². The van der Waals surface area contributed by atoms with Crippen LogP contribution in [0.5, 0.6) is 0 Å². The minimum atomic E-state index is -4.56. The third kappa shape index (κ3) is 4.65. The molecule has 5 aromatic rings. The molecule has 0 fully saturated rings. The molecule has 0 amide bonds. The number of nitrogens with zero attached hydrogens (tertiary/aromatic N) is 5. The number of hydrogen-bond acceptors (Lipinski definition) is 7. The Labute approximate surface area is 204 Å². The molecule has 0 aliphatic rings. The highest BCUT2D eigenvalue weighted by molar-refractivity contribution is 7.89. The van der Waals surface area contributed by atoms with Gasteiger partial charge in [-0.15, -0.1) is 0 Å². The Balaban J connectivity index is 1.57. The first-order valence-electron chi connectivity index (χ1n) is 10.2. The summed E-state index contributed by atoms with van der Waals surface area (Å²) in [7, 11) is -3.90. The van der Waals surface area contributed by atoms with Crippen molar-refractivity contribution in [1.29, 1.82) is 0 Å². The van der Waals surface area contributed by atoms with Crippen LogP contribution in [0.1, 0.15) is 17.7 Å². The van der Waals surface area contributed by atoms with Crippen LogP contribution in [0.2, 0.25) is 0 Å². The first-order valence-corrected chi connectivity index (χ1v) is 11.8. The summed E-state index contributed by atoms with van der Waals surface area (Å²) in [5.74, 6) is -0.0684. The summed E-state index contributed by atoms with van der Waals surface area (Å²) in [4.78, 5) is 8.41. The van der Waals surface area contributed by atoms with Crippen LogP contribution in [0.4, 0.5) is 22.0 Å². The zero-order valence-electron chi connectivity index (χ0n) is 18.2. The average molecular weight is 536 g/mol. The number of sulfonamides is 1. The molecule has 0 aliphatic carbocycles. The van der Waals surface area contributed by atoms with Crippen molar-refractivity contribution in [2.45, 2.75) is 17.5 Å². The molecule has 0 unspecified atom stereocenters. The fraction of sp³-hybridized carbons (Fsp3) is 0.0909. The summed E-state index contributed by atoms with van der Waals surface area (Å²) >= 11 is 0. The highest BCUT2D eigenvalue weighted by Crippen LogP contribution is 2.33. The highest BCUT2D eigenvalue weighted by Gasteiger charge is 2.30. The molecule has 0 saturated heterocycles. The number of nitrogens with two attached hydrogens (primary N) is 1. The van der Waals surface area contributed by atoms with Crippen LogP contribution < -0.4 is 5.14 Å². The molecule has 190 valence electrons. The molecular weight excluding hydrogens is 523 g/mol. The minimum Gasteiger partial charge on any atom is -0.333 e. The topological polar surface area (TPSA) is 129 Å². The van der Waals surface area contributed by atoms with Crippen molar-refractivity contribution in [3.63, 3.8) is 0 Å². The smallest absolute Gasteiger partial charge is 0.333 e. The summed E-state index contributed by atoms with van der Waals surface area (Å²) in [5, 5.41) is 12.8. The molecule has 15 heteroatoms. The van der Waals surface area contributed by atoms with Gasteiger partial charge in [0.15, 0.2) is 5.65 Å². The van der Waals surface area contributed by atoms with Gasteiger partial charge in [0.2, 0.25) is 15.8 Å². The van der Waals surface area contributed by atoms with Gasteiger partial charge in [0.05, 0.1) is 22.3 Å². The van der Waals surface area contributed by atoms with Gasteiger partial charge in [0, 0.05) is 11.1 Å². The molecule has 0 bridgehead atoms. The SMILES string of the molecule is NS(=O)(=O)c1ccc(-c2noc(-c3cnn4c(C(F)F)cc(-c5ccc(C(F)(F)F)cc5)nc34)n2)cc1. The van der Waals surface area contributed by atoms with E-state index in [0.29, 0.717) is 5.56 Å². The zero-order chi connectivity index (χ0) is 26.5. The van der Waals surface area contributed by atoms with Gasteiger partial charge in [-0.05, 0) is 42.5 Å². The molecule has 0 saturated carbocycles. The normalized spacial score (nSPS) is 12.5. The van der Waals surface area contributed by atoms with Gasteiger partial charge in [-0.1, -0.05) is 17.3 Å². The van der Waals surface area contributed by atoms with Crippen molar-refractivity contribution in [3.8, 4) is 34.1 Å². The van der Waals surface area contributed by atoms with Crippen molar-refractivity contribution in [2.75, 3.05) is 0 Å². The standard InChI is InChI=1S/C22H13F5N6O3S/c23-18(24)17-9-16(11-1-5-13(6-2-11)22(25,26)27)30-20-15(10-29-33(17)20)21-31-19(32-36-21)12-3-7-14(8-4-12)37(28,34)35/h1-10,18H,(H2,28,34,35). The Kier molecular flexibility index (Phi) is 5.75. The Morgan fingerprint density at radius 2 is 1.59 bits per heavy atom. The number of aromatic nitrogens is 5. The molecule has 5 rings (SSSR count). The molecule has 0 radical (unpaired) electrons. The molecule has 2 N–H and O–H groups in total. The van der Waals surface area contributed by atoms with Gasteiger partial charge in [-0.2, -0.15) is 23.3 Å². The second-order valence-electron chi connectivity index (χ2n) is 7.73. The second kappa shape index (κ2) is 8.70. The van der Waals surface area contributed by atoms with E-state index in [0.717, 1.165) is 34.8 Å². The first kappa shape index (κ1) is 24.5. The summed E-state index contributed by atoms with van der Waals surface area (Å²) in [6, 6.07) is 10.2. The fourth-order valence-corrected chi connectivity index (χ4v) is 4.03. The maximum absolute atomic E-state index is 13.8. The van der Waals surface area contributed by atoms with E-state index in [1.165, 1.54) is 30.5 Å². The van der Waals surface area contributed by atoms with Gasteiger partial charge in [-0.25, -0.2) is 31.8 Å². The van der Waals surface area contributed by atoms with Crippen molar-refractivity contribution < 1.29 is 34.9 Å². The molecular formula is C22H13F5N6O3S. The van der Waals surface area contributed by atoms with Crippen LogP contribution in [0, 0.1) is 0 Å². The van der Waals surface area contributed by atoms with Crippen LogP contribution in [-0.2, 0) is 16.2 Å². The average Bonchev–Trinajstić information content (AvgIpc) is 3.49. The molecule has 0 aliphatic heterocycles. The summed E-state index contributed by atoms with van der Waals surface area (Å²) in [6.07, 6.45) is -6.36. The van der Waals surface area contributed by atoms with Gasteiger partial charge in [-0.3, -0.25) is 0 Å². The highest BCUT2D eigenvalue weighted by atomic mass is 32.2. The molecule has 9 nitrogen and oxygen atoms in total. The van der Waals surface area contributed by atoms with Crippen molar-refractivity contribution in [2.24, 2.45) is 5.14 Å². The fourth-order valence-electron chi connectivity index (χ4n) is 3.51. The maximum Gasteiger partial charge on any atom is 0.416 e. The van der Waals surface area contributed by atoms with Crippen molar-refractivity contribution in [1.82, 2.24) is 24.7 Å². The number of primary sulfonamides is 1. The van der Waals surface area contributed by atoms with Crippen LogP contribution in [0.3, 0.4) is 0 Å². The second-order valence-corrected chi connectivity index (χ2v) is 9.29. The lowest BCUT2D eigenvalue weighted by molar-refractivity contribution is -0.137. The van der Waals surface area contributed by atoms with Crippen LogP contribution in [0.15, 0.2) is 70.2 Å². The van der Waals surface area contributed by atoms with Gasteiger partial charge in [0.1, 0.15) is 11.3 Å². The third-order valence-corrected chi connectivity index (χ3v) is 6.26. The molecule has 3 heterocycles. The Morgan fingerprint density at radius 1 is 0.946 bits per heavy atom. The Morgan fingerprint density at radius 3 is 2.19 bits per heavy atom. The monoisotopic (exact) mass is 536 g/mol. The maximum atomic E-state index is 13.8. The summed E-state index contributed by atoms with van der Waals surface area (Å²) in [5.41, 5.74) is -0.910. The largest absolute Gasteiger partial charge is 0.416 e. The van der Waals surface area contributed by atoms with Crippen molar-refractivity contribution in [3.05, 3.63) is 72.1 Å². The quantitative estimate of drug-likeness (QED) is 0.322. The predicted octanol–water partition coefficient (Wildman–Crippen LogP) is 4.72. The molecule has 3 aromatic heterocycles. The summed E-state index contributed by atoms with van der Waals surface area (Å²) in [6.45, 7) is 0. The van der Waals surface area contributed by atoms with E-state index in [1.54, 1.807) is 0 Å². The molecule has 0 spiro atoms. The molecule has 0 atom stereocenters. The summed E-state index contributed by atoms with van der Waals surface area (Å²) < 4.78 is 95.4. The van der Waals surface area contributed by atoms with E-state index < -0.39 is 33.9 Å². The number of halogens is 5. The molecule has 37 heavy (non-hydrogen) atoms. The van der Waals surface area contributed by atoms with E-state index in [2.05, 4.69) is 20.2 Å². The number of rotatable bonds is 5. The molecule has 2 aromatic carbocycles. The van der Waals surface area contributed by atoms with E-state index >= 15 is 0 Å². The van der Waals surface area contributed by atoms with E-state index in [4.69, 9.17) is 9.66 Å². The van der Waals surface area contributed by atoms with E-state index in [9.17, 15) is 30.4 Å². The van der Waals surface area contributed by atoms with Crippen LogP contribution in [0.25, 0.3) is 39.7 Å². The Hall–Kier alpha value is -4.24. The first-order chi connectivity index (χ1) is 17.4. The zero-order valence-corrected chi connectivity index (χ0v) is 19.0. The minimum absolute atomic E-state index is 0.0170. The van der Waals surface area contributed by atoms with Gasteiger partial charge >= 0.3 is 6.18 Å². The van der Waals surface area contributed by atoms with Crippen LogP contribution in [-0.4, -0.2) is 33.2 Å². The lowest BCUT2D eigenvalue weighted by Crippen LogP contribution is -2.11. The van der Waals surface area contributed by atoms with Crippen LogP contribution >= 0.6 is 0 Å². The number of benzene rings is 2. The lowest BCUT2D eigenvalue weighted by atomic mass is 10.1.